The molecule has 0 amide bonds. The third kappa shape index (κ3) is 2.58. The first-order chi connectivity index (χ1) is 7.50. The quantitative estimate of drug-likeness (QED) is 0.485. The second-order valence-electron chi connectivity index (χ2n) is 5.60. The Morgan fingerprint density at radius 2 is 1.88 bits per heavy atom. The minimum Gasteiger partial charge on any atom is -0.466 e. The normalized spacial score (nSPS) is 32.5. The number of unbranched alkanes of at least 4 members (excludes halogenated alkanes) is 3. The number of hydrogen-bond acceptors (Lipinski definition) is 2. The molecule has 1 aliphatic rings. The van der Waals surface area contributed by atoms with Crippen LogP contribution < -0.4 is 0 Å². The number of rotatable bonds is 7. The highest BCUT2D eigenvalue weighted by Gasteiger charge is 2.65. The van der Waals surface area contributed by atoms with E-state index in [1.165, 1.54) is 32.1 Å². The van der Waals surface area contributed by atoms with Crippen LogP contribution >= 0.6 is 0 Å². The van der Waals surface area contributed by atoms with E-state index in [-0.39, 0.29) is 16.8 Å². The molecule has 2 heteroatoms. The molecule has 0 heterocycles. The molecule has 0 aromatic heterocycles. The molecular weight excluding hydrogens is 200 g/mol. The first kappa shape index (κ1) is 13.5. The minimum atomic E-state index is -0.199. The topological polar surface area (TPSA) is 26.3 Å². The SMILES string of the molecule is CCCCCC[C@@]1(C)C[C@]1(C)C(=O)OCC. The summed E-state index contributed by atoms with van der Waals surface area (Å²) in [5.74, 6) is 0.00740. The van der Waals surface area contributed by atoms with Crippen LogP contribution in [0, 0.1) is 10.8 Å². The molecule has 1 rings (SSSR count). The monoisotopic (exact) mass is 226 g/mol. The molecule has 1 saturated carbocycles. The van der Waals surface area contributed by atoms with Gasteiger partial charge in [0.1, 0.15) is 0 Å². The average Bonchev–Trinajstić information content (AvgIpc) is 2.79. The Morgan fingerprint density at radius 3 is 2.44 bits per heavy atom. The van der Waals surface area contributed by atoms with Crippen molar-refractivity contribution in [2.45, 2.75) is 66.2 Å². The maximum Gasteiger partial charge on any atom is 0.312 e. The van der Waals surface area contributed by atoms with Crippen LogP contribution in [0.15, 0.2) is 0 Å². The zero-order valence-corrected chi connectivity index (χ0v) is 11.3. The molecule has 0 unspecified atom stereocenters. The van der Waals surface area contributed by atoms with E-state index in [1.807, 2.05) is 6.92 Å². The minimum absolute atomic E-state index is 0.00740. The van der Waals surface area contributed by atoms with Crippen molar-refractivity contribution >= 4 is 5.97 Å². The van der Waals surface area contributed by atoms with Crippen LogP contribution in [0.3, 0.4) is 0 Å². The lowest BCUT2D eigenvalue weighted by atomic mass is 9.90. The van der Waals surface area contributed by atoms with Gasteiger partial charge in [-0.25, -0.2) is 0 Å². The fraction of sp³-hybridized carbons (Fsp3) is 0.929. The molecule has 0 saturated heterocycles. The molecule has 2 nitrogen and oxygen atoms in total. The van der Waals surface area contributed by atoms with E-state index in [1.54, 1.807) is 0 Å². The van der Waals surface area contributed by atoms with Crippen LogP contribution in [0.2, 0.25) is 0 Å². The van der Waals surface area contributed by atoms with Gasteiger partial charge in [0, 0.05) is 0 Å². The number of ether oxygens (including phenoxy) is 1. The maximum atomic E-state index is 11.8. The number of esters is 1. The third-order valence-corrected chi connectivity index (χ3v) is 4.26. The van der Waals surface area contributed by atoms with Crippen LogP contribution in [0.5, 0.6) is 0 Å². The summed E-state index contributed by atoms with van der Waals surface area (Å²) < 4.78 is 5.15. The van der Waals surface area contributed by atoms with Gasteiger partial charge in [0.15, 0.2) is 0 Å². The van der Waals surface area contributed by atoms with Crippen LogP contribution in [0.25, 0.3) is 0 Å². The summed E-state index contributed by atoms with van der Waals surface area (Å²) in [7, 11) is 0. The van der Waals surface area contributed by atoms with Gasteiger partial charge in [0.05, 0.1) is 12.0 Å². The lowest BCUT2D eigenvalue weighted by Crippen LogP contribution is -2.22. The Labute approximate surface area is 99.8 Å². The van der Waals surface area contributed by atoms with Crippen molar-refractivity contribution in [2.24, 2.45) is 10.8 Å². The van der Waals surface area contributed by atoms with Crippen LogP contribution in [0.4, 0.5) is 0 Å². The van der Waals surface area contributed by atoms with Crippen molar-refractivity contribution in [3.05, 3.63) is 0 Å². The molecule has 0 radical (unpaired) electrons. The van der Waals surface area contributed by atoms with Crippen LogP contribution in [0.1, 0.15) is 66.2 Å². The standard InChI is InChI=1S/C14H26O2/c1-5-7-8-9-10-13(3)11-14(13,4)12(15)16-6-2/h5-11H2,1-4H3/t13-,14+/m0/s1. The van der Waals surface area contributed by atoms with Crippen LogP contribution in [-0.4, -0.2) is 12.6 Å². The van der Waals surface area contributed by atoms with Gasteiger partial charge in [0.2, 0.25) is 0 Å². The van der Waals surface area contributed by atoms with Gasteiger partial charge in [-0.05, 0) is 32.1 Å². The van der Waals surface area contributed by atoms with E-state index in [0.717, 1.165) is 6.42 Å². The van der Waals surface area contributed by atoms with E-state index in [4.69, 9.17) is 4.74 Å². The molecule has 0 aromatic carbocycles. The summed E-state index contributed by atoms with van der Waals surface area (Å²) >= 11 is 0. The average molecular weight is 226 g/mol. The Kier molecular flexibility index (Phi) is 4.40. The molecule has 0 N–H and O–H groups in total. The fourth-order valence-corrected chi connectivity index (χ4v) is 2.65. The highest BCUT2D eigenvalue weighted by atomic mass is 16.5. The Balaban J connectivity index is 2.35. The molecule has 94 valence electrons. The predicted molar refractivity (Wildman–Crippen MR) is 66.2 cm³/mol. The van der Waals surface area contributed by atoms with Gasteiger partial charge in [-0.15, -0.1) is 0 Å². The van der Waals surface area contributed by atoms with Crippen molar-refractivity contribution in [3.8, 4) is 0 Å². The molecule has 2 atom stereocenters. The summed E-state index contributed by atoms with van der Waals surface area (Å²) in [4.78, 5) is 11.8. The molecule has 0 aromatic rings. The molecule has 16 heavy (non-hydrogen) atoms. The van der Waals surface area contributed by atoms with Crippen molar-refractivity contribution < 1.29 is 9.53 Å². The molecular formula is C14H26O2. The first-order valence-electron chi connectivity index (χ1n) is 6.67. The maximum absolute atomic E-state index is 11.8. The summed E-state index contributed by atoms with van der Waals surface area (Å²) in [5.41, 5.74) is 0.00220. The van der Waals surface area contributed by atoms with Crippen molar-refractivity contribution in [2.75, 3.05) is 6.61 Å². The lowest BCUT2D eigenvalue weighted by molar-refractivity contribution is -0.150. The van der Waals surface area contributed by atoms with Gasteiger partial charge in [-0.2, -0.15) is 0 Å². The van der Waals surface area contributed by atoms with Gasteiger partial charge in [0.25, 0.3) is 0 Å². The van der Waals surface area contributed by atoms with Crippen molar-refractivity contribution in [1.82, 2.24) is 0 Å². The van der Waals surface area contributed by atoms with E-state index >= 15 is 0 Å². The summed E-state index contributed by atoms with van der Waals surface area (Å²) in [6.07, 6.45) is 7.30. The van der Waals surface area contributed by atoms with E-state index in [0.29, 0.717) is 6.61 Å². The Hall–Kier alpha value is -0.530. The smallest absolute Gasteiger partial charge is 0.312 e. The van der Waals surface area contributed by atoms with E-state index in [2.05, 4.69) is 20.8 Å². The summed E-state index contributed by atoms with van der Waals surface area (Å²) in [5, 5.41) is 0. The lowest BCUT2D eigenvalue weighted by Gasteiger charge is -2.17. The van der Waals surface area contributed by atoms with Crippen molar-refractivity contribution in [3.63, 3.8) is 0 Å². The molecule has 0 aliphatic heterocycles. The molecule has 0 spiro atoms. The molecule has 0 bridgehead atoms. The van der Waals surface area contributed by atoms with Crippen molar-refractivity contribution in [1.29, 1.82) is 0 Å². The Bertz CT molecular complexity index is 249. The van der Waals surface area contributed by atoms with Gasteiger partial charge >= 0.3 is 5.97 Å². The number of carbonyl (C=O) groups excluding carboxylic acids is 1. The first-order valence-corrected chi connectivity index (χ1v) is 6.67. The number of hydrogen-bond donors (Lipinski definition) is 0. The van der Waals surface area contributed by atoms with Crippen LogP contribution in [-0.2, 0) is 9.53 Å². The zero-order valence-electron chi connectivity index (χ0n) is 11.3. The van der Waals surface area contributed by atoms with E-state index in [9.17, 15) is 4.79 Å². The zero-order chi connectivity index (χ0) is 12.2. The fourth-order valence-electron chi connectivity index (χ4n) is 2.65. The highest BCUT2D eigenvalue weighted by Crippen LogP contribution is 2.66. The van der Waals surface area contributed by atoms with E-state index < -0.39 is 0 Å². The molecule has 1 fully saturated rings. The number of carbonyl (C=O) groups is 1. The highest BCUT2D eigenvalue weighted by molar-refractivity contribution is 5.81. The van der Waals surface area contributed by atoms with Gasteiger partial charge in [-0.1, -0.05) is 39.5 Å². The summed E-state index contributed by atoms with van der Waals surface area (Å²) in [6, 6.07) is 0. The Morgan fingerprint density at radius 1 is 1.19 bits per heavy atom. The van der Waals surface area contributed by atoms with Gasteiger partial charge in [-0.3, -0.25) is 4.79 Å². The second kappa shape index (κ2) is 5.20. The largest absolute Gasteiger partial charge is 0.466 e. The second-order valence-corrected chi connectivity index (χ2v) is 5.60. The molecule has 1 aliphatic carbocycles. The van der Waals surface area contributed by atoms with Gasteiger partial charge < -0.3 is 4.74 Å². The predicted octanol–water partition coefficient (Wildman–Crippen LogP) is 3.94. The third-order valence-electron chi connectivity index (χ3n) is 4.26. The summed E-state index contributed by atoms with van der Waals surface area (Å²) in [6.45, 7) is 8.89.